The number of hydrogen-bond donors (Lipinski definition) is 1. The smallest absolute Gasteiger partial charge is 0.207 e. The van der Waals surface area contributed by atoms with E-state index in [4.69, 9.17) is 14.6 Å². The van der Waals surface area contributed by atoms with Crippen molar-refractivity contribution in [3.05, 3.63) is 29.7 Å². The van der Waals surface area contributed by atoms with Gasteiger partial charge in [0, 0.05) is 23.6 Å². The van der Waals surface area contributed by atoms with Gasteiger partial charge in [0.25, 0.3) is 0 Å². The van der Waals surface area contributed by atoms with Crippen LogP contribution in [0, 0.1) is 5.41 Å². The molecule has 1 saturated carbocycles. The molecule has 20 heavy (non-hydrogen) atoms. The maximum Gasteiger partial charge on any atom is 0.207 e. The zero-order chi connectivity index (χ0) is 14.0. The minimum Gasteiger partial charge on any atom is -0.469 e. The van der Waals surface area contributed by atoms with Crippen LogP contribution in [-0.2, 0) is 11.2 Å². The molecule has 0 unspecified atom stereocenters. The first-order valence-electron chi connectivity index (χ1n) is 7.81. The second-order valence-electron chi connectivity index (χ2n) is 5.98. The van der Waals surface area contributed by atoms with Gasteiger partial charge in [-0.25, -0.2) is 0 Å². The van der Waals surface area contributed by atoms with Crippen LogP contribution in [-0.4, -0.2) is 11.5 Å². The van der Waals surface area contributed by atoms with E-state index >= 15 is 0 Å². The van der Waals surface area contributed by atoms with Crippen LogP contribution in [0.2, 0.25) is 0 Å². The van der Waals surface area contributed by atoms with Crippen LogP contribution in [0.15, 0.2) is 22.8 Å². The standard InChI is InChI=1S/C17H23NO2/c1-2-3-7-14-10-13(12-19-14)15-11-16(18)20-17(15)8-5-4-6-9-17/h10-12,18H,2-9H2,1H3. The molecule has 0 radical (unpaired) electrons. The van der Waals surface area contributed by atoms with Crippen molar-refractivity contribution in [1.29, 1.82) is 5.41 Å². The number of hydrogen-bond acceptors (Lipinski definition) is 3. The fraction of sp³-hybridized carbons (Fsp3) is 0.588. The van der Waals surface area contributed by atoms with Gasteiger partial charge in [-0.1, -0.05) is 19.8 Å². The highest BCUT2D eigenvalue weighted by Crippen LogP contribution is 2.46. The molecule has 3 heteroatoms. The topological polar surface area (TPSA) is 46.2 Å². The lowest BCUT2D eigenvalue weighted by Crippen LogP contribution is -2.33. The van der Waals surface area contributed by atoms with Crippen LogP contribution in [0.1, 0.15) is 63.2 Å². The molecule has 2 heterocycles. The van der Waals surface area contributed by atoms with Crippen molar-refractivity contribution in [1.82, 2.24) is 0 Å². The summed E-state index contributed by atoms with van der Waals surface area (Å²) >= 11 is 0. The molecule has 108 valence electrons. The van der Waals surface area contributed by atoms with Crippen LogP contribution in [0.4, 0.5) is 0 Å². The summed E-state index contributed by atoms with van der Waals surface area (Å²) in [6, 6.07) is 2.14. The summed E-state index contributed by atoms with van der Waals surface area (Å²) in [5, 5.41) is 7.88. The number of unbranched alkanes of at least 4 members (excludes halogenated alkanes) is 1. The first-order chi connectivity index (χ1) is 9.73. The number of rotatable bonds is 4. The van der Waals surface area contributed by atoms with Gasteiger partial charge in [0.1, 0.15) is 11.4 Å². The third-order valence-corrected chi connectivity index (χ3v) is 4.47. The Kier molecular flexibility index (Phi) is 3.68. The monoisotopic (exact) mass is 273 g/mol. The number of nitrogens with one attached hydrogen (secondary N) is 1. The second kappa shape index (κ2) is 5.47. The van der Waals surface area contributed by atoms with Gasteiger partial charge in [-0.3, -0.25) is 5.41 Å². The van der Waals surface area contributed by atoms with Crippen LogP contribution in [0.25, 0.3) is 5.57 Å². The van der Waals surface area contributed by atoms with Gasteiger partial charge in [0.05, 0.1) is 6.26 Å². The molecule has 1 aromatic rings. The van der Waals surface area contributed by atoms with E-state index in [1.54, 1.807) is 0 Å². The van der Waals surface area contributed by atoms with Crippen molar-refractivity contribution >= 4 is 11.5 Å². The zero-order valence-electron chi connectivity index (χ0n) is 12.2. The predicted molar refractivity (Wildman–Crippen MR) is 79.9 cm³/mol. The molecular formula is C17H23NO2. The molecule has 3 rings (SSSR count). The third kappa shape index (κ3) is 2.41. The third-order valence-electron chi connectivity index (χ3n) is 4.47. The van der Waals surface area contributed by atoms with Crippen LogP contribution in [0.3, 0.4) is 0 Å². The molecule has 0 atom stereocenters. The number of furan rings is 1. The highest BCUT2D eigenvalue weighted by atomic mass is 16.5. The quantitative estimate of drug-likeness (QED) is 0.863. The molecule has 1 spiro atoms. The minimum atomic E-state index is -0.249. The summed E-state index contributed by atoms with van der Waals surface area (Å²) in [6.45, 7) is 2.19. The Labute approximate surface area is 120 Å². The lowest BCUT2D eigenvalue weighted by atomic mass is 9.78. The van der Waals surface area contributed by atoms with E-state index in [9.17, 15) is 0 Å². The van der Waals surface area contributed by atoms with Gasteiger partial charge in [-0.05, 0) is 38.2 Å². The van der Waals surface area contributed by atoms with Gasteiger partial charge < -0.3 is 9.15 Å². The first-order valence-corrected chi connectivity index (χ1v) is 7.81. The molecule has 1 fully saturated rings. The fourth-order valence-corrected chi connectivity index (χ4v) is 3.40. The van der Waals surface area contributed by atoms with Gasteiger partial charge in [0.2, 0.25) is 5.90 Å². The maximum absolute atomic E-state index is 7.88. The lowest BCUT2D eigenvalue weighted by Gasteiger charge is -2.34. The van der Waals surface area contributed by atoms with Crippen molar-refractivity contribution in [2.75, 3.05) is 0 Å². The van der Waals surface area contributed by atoms with Crippen molar-refractivity contribution in [2.45, 2.75) is 63.9 Å². The van der Waals surface area contributed by atoms with Gasteiger partial charge in [-0.2, -0.15) is 0 Å². The highest BCUT2D eigenvalue weighted by molar-refractivity contribution is 6.00. The predicted octanol–water partition coefficient (Wildman–Crippen LogP) is 4.72. The summed E-state index contributed by atoms with van der Waals surface area (Å²) in [7, 11) is 0. The molecular weight excluding hydrogens is 250 g/mol. The van der Waals surface area contributed by atoms with E-state index in [2.05, 4.69) is 13.0 Å². The largest absolute Gasteiger partial charge is 0.469 e. The van der Waals surface area contributed by atoms with Crippen molar-refractivity contribution < 1.29 is 9.15 Å². The molecule has 0 saturated heterocycles. The Morgan fingerprint density at radius 1 is 1.25 bits per heavy atom. The van der Waals surface area contributed by atoms with E-state index < -0.39 is 0 Å². The summed E-state index contributed by atoms with van der Waals surface area (Å²) in [4.78, 5) is 0. The van der Waals surface area contributed by atoms with E-state index in [1.165, 1.54) is 25.7 Å². The number of ether oxygens (including phenoxy) is 1. The molecule has 1 N–H and O–H groups in total. The SMILES string of the molecule is CCCCc1cc(C2=CC(=N)OC23CCCCC3)co1. The van der Waals surface area contributed by atoms with E-state index in [-0.39, 0.29) is 5.60 Å². The Morgan fingerprint density at radius 3 is 2.80 bits per heavy atom. The maximum atomic E-state index is 7.88. The summed E-state index contributed by atoms with van der Waals surface area (Å²) in [5.74, 6) is 1.35. The summed E-state index contributed by atoms with van der Waals surface area (Å²) < 4.78 is 11.6. The Morgan fingerprint density at radius 2 is 2.05 bits per heavy atom. The molecule has 2 aliphatic rings. The molecule has 1 aliphatic heterocycles. The average molecular weight is 273 g/mol. The van der Waals surface area contributed by atoms with Crippen LogP contribution < -0.4 is 0 Å². The highest BCUT2D eigenvalue weighted by Gasteiger charge is 2.43. The Balaban J connectivity index is 1.85. The number of aryl methyl sites for hydroxylation is 1. The van der Waals surface area contributed by atoms with Crippen LogP contribution in [0.5, 0.6) is 0 Å². The molecule has 3 nitrogen and oxygen atoms in total. The van der Waals surface area contributed by atoms with E-state index in [0.717, 1.165) is 42.6 Å². The first kappa shape index (κ1) is 13.5. The van der Waals surface area contributed by atoms with Gasteiger partial charge in [-0.15, -0.1) is 0 Å². The fourth-order valence-electron chi connectivity index (χ4n) is 3.40. The lowest BCUT2D eigenvalue weighted by molar-refractivity contribution is 0.0841. The van der Waals surface area contributed by atoms with E-state index in [0.29, 0.717) is 5.90 Å². The molecule has 0 bridgehead atoms. The summed E-state index contributed by atoms with van der Waals surface area (Å²) in [6.07, 6.45) is 12.8. The molecule has 0 amide bonds. The summed E-state index contributed by atoms with van der Waals surface area (Å²) in [5.41, 5.74) is 2.02. The average Bonchev–Trinajstić information content (AvgIpc) is 3.02. The van der Waals surface area contributed by atoms with Crippen molar-refractivity contribution in [3.8, 4) is 0 Å². The Hall–Kier alpha value is -1.51. The molecule has 1 aromatic heterocycles. The second-order valence-corrected chi connectivity index (χ2v) is 5.98. The Bertz CT molecular complexity index is 521. The normalized spacial score (nSPS) is 21.1. The molecule has 1 aliphatic carbocycles. The van der Waals surface area contributed by atoms with Gasteiger partial charge in [0.15, 0.2) is 0 Å². The minimum absolute atomic E-state index is 0.249. The van der Waals surface area contributed by atoms with Crippen LogP contribution >= 0.6 is 0 Å². The van der Waals surface area contributed by atoms with Gasteiger partial charge >= 0.3 is 0 Å². The van der Waals surface area contributed by atoms with Crippen molar-refractivity contribution in [2.24, 2.45) is 0 Å². The van der Waals surface area contributed by atoms with E-state index in [1.807, 2.05) is 12.3 Å². The van der Waals surface area contributed by atoms with Crippen molar-refractivity contribution in [3.63, 3.8) is 0 Å². The molecule has 0 aromatic carbocycles. The zero-order valence-corrected chi connectivity index (χ0v) is 12.2.